The van der Waals surface area contributed by atoms with Gasteiger partial charge < -0.3 is 20.1 Å². The Balaban J connectivity index is 2.31. The van der Waals surface area contributed by atoms with E-state index < -0.39 is 5.91 Å². The van der Waals surface area contributed by atoms with Gasteiger partial charge in [-0.15, -0.1) is 0 Å². The van der Waals surface area contributed by atoms with E-state index in [0.717, 1.165) is 12.8 Å². The van der Waals surface area contributed by atoms with Crippen LogP contribution in [-0.4, -0.2) is 42.5 Å². The number of carbonyl (C=O) groups is 2. The second-order valence-electron chi connectivity index (χ2n) is 5.78. The molecule has 0 aliphatic heterocycles. The molecule has 6 nitrogen and oxygen atoms in total. The smallest absolute Gasteiger partial charge is 0.255 e. The zero-order valence-corrected chi connectivity index (χ0v) is 14.2. The van der Waals surface area contributed by atoms with Gasteiger partial charge in [-0.1, -0.05) is 11.6 Å². The first kappa shape index (κ1) is 17.4. The summed E-state index contributed by atoms with van der Waals surface area (Å²) in [6.45, 7) is 3.66. The third-order valence-electron chi connectivity index (χ3n) is 3.57. The van der Waals surface area contributed by atoms with Gasteiger partial charge in [0, 0.05) is 17.6 Å². The van der Waals surface area contributed by atoms with Crippen molar-refractivity contribution >= 4 is 23.4 Å². The molecule has 0 bridgehead atoms. The summed E-state index contributed by atoms with van der Waals surface area (Å²) in [7, 11) is 1.44. The molecule has 0 heterocycles. The van der Waals surface area contributed by atoms with Crippen molar-refractivity contribution in [3.63, 3.8) is 0 Å². The van der Waals surface area contributed by atoms with Crippen LogP contribution in [0.25, 0.3) is 0 Å². The number of nitrogens with zero attached hydrogens (tertiary/aromatic N) is 1. The molecule has 1 aliphatic carbocycles. The van der Waals surface area contributed by atoms with E-state index in [9.17, 15) is 9.59 Å². The van der Waals surface area contributed by atoms with E-state index in [1.807, 2.05) is 18.7 Å². The maximum atomic E-state index is 12.8. The Morgan fingerprint density at radius 1 is 1.39 bits per heavy atom. The summed E-state index contributed by atoms with van der Waals surface area (Å²) in [5.41, 5.74) is 5.49. The van der Waals surface area contributed by atoms with Crippen LogP contribution in [0.3, 0.4) is 0 Å². The van der Waals surface area contributed by atoms with Crippen LogP contribution >= 0.6 is 11.6 Å². The number of nitrogens with two attached hydrogens (primary N) is 1. The Morgan fingerprint density at radius 3 is 2.52 bits per heavy atom. The van der Waals surface area contributed by atoms with E-state index in [0.29, 0.717) is 11.3 Å². The van der Waals surface area contributed by atoms with Gasteiger partial charge in [-0.3, -0.25) is 9.59 Å². The summed E-state index contributed by atoms with van der Waals surface area (Å²) in [4.78, 5) is 25.5. The zero-order chi connectivity index (χ0) is 17.1. The molecule has 7 heteroatoms. The molecule has 126 valence electrons. The van der Waals surface area contributed by atoms with E-state index in [2.05, 4.69) is 0 Å². The summed E-state index contributed by atoms with van der Waals surface area (Å²) in [5, 5.41) is 0.202. The Morgan fingerprint density at radius 2 is 2.04 bits per heavy atom. The van der Waals surface area contributed by atoms with Crippen LogP contribution in [0.15, 0.2) is 12.1 Å². The van der Waals surface area contributed by atoms with E-state index in [1.54, 1.807) is 6.07 Å². The lowest BCUT2D eigenvalue weighted by Crippen LogP contribution is -2.38. The van der Waals surface area contributed by atoms with Crippen molar-refractivity contribution in [1.82, 2.24) is 4.90 Å². The van der Waals surface area contributed by atoms with Crippen LogP contribution in [0.4, 0.5) is 0 Å². The first-order valence-corrected chi connectivity index (χ1v) is 7.84. The number of hydrogen-bond acceptors (Lipinski definition) is 4. The highest BCUT2D eigenvalue weighted by atomic mass is 35.5. The summed E-state index contributed by atoms with van der Waals surface area (Å²) < 4.78 is 10.5. The van der Waals surface area contributed by atoms with Crippen LogP contribution in [0, 0.1) is 0 Å². The third-order valence-corrected chi connectivity index (χ3v) is 3.85. The average molecular weight is 341 g/mol. The number of primary amides is 1. The molecule has 1 fully saturated rings. The van der Waals surface area contributed by atoms with Crippen molar-refractivity contribution in [2.75, 3.05) is 13.7 Å². The number of hydrogen-bond donors (Lipinski definition) is 1. The molecule has 2 amide bonds. The zero-order valence-electron chi connectivity index (χ0n) is 13.5. The molecule has 0 spiro atoms. The van der Waals surface area contributed by atoms with E-state index in [1.165, 1.54) is 13.2 Å². The number of amides is 2. The van der Waals surface area contributed by atoms with E-state index in [4.69, 9.17) is 26.8 Å². The van der Waals surface area contributed by atoms with Gasteiger partial charge in [-0.25, -0.2) is 0 Å². The number of rotatable bonds is 7. The van der Waals surface area contributed by atoms with Crippen molar-refractivity contribution in [3.05, 3.63) is 22.7 Å². The van der Waals surface area contributed by atoms with Crippen molar-refractivity contribution in [2.24, 2.45) is 5.73 Å². The average Bonchev–Trinajstić information content (AvgIpc) is 3.29. The van der Waals surface area contributed by atoms with Gasteiger partial charge in [0.15, 0.2) is 18.1 Å². The van der Waals surface area contributed by atoms with E-state index in [-0.39, 0.29) is 35.4 Å². The number of ether oxygens (including phenoxy) is 2. The highest BCUT2D eigenvalue weighted by Gasteiger charge is 2.35. The van der Waals surface area contributed by atoms with Crippen LogP contribution in [0.5, 0.6) is 11.5 Å². The molecular weight excluding hydrogens is 320 g/mol. The number of halogens is 1. The molecule has 2 N–H and O–H groups in total. The van der Waals surface area contributed by atoms with Crippen LogP contribution in [0.2, 0.25) is 5.02 Å². The fourth-order valence-electron chi connectivity index (χ4n) is 2.45. The quantitative estimate of drug-likeness (QED) is 0.825. The largest absolute Gasteiger partial charge is 0.493 e. The van der Waals surface area contributed by atoms with Crippen molar-refractivity contribution in [3.8, 4) is 11.5 Å². The summed E-state index contributed by atoms with van der Waals surface area (Å²) in [6.07, 6.45) is 2.04. The van der Waals surface area contributed by atoms with Gasteiger partial charge >= 0.3 is 0 Å². The molecule has 0 saturated heterocycles. The highest BCUT2D eigenvalue weighted by Crippen LogP contribution is 2.38. The normalized spacial score (nSPS) is 13.8. The van der Waals surface area contributed by atoms with Gasteiger partial charge in [-0.2, -0.15) is 0 Å². The van der Waals surface area contributed by atoms with Crippen LogP contribution in [-0.2, 0) is 4.79 Å². The fourth-order valence-corrected chi connectivity index (χ4v) is 2.72. The molecule has 0 unspecified atom stereocenters. The second-order valence-corrected chi connectivity index (χ2v) is 6.19. The summed E-state index contributed by atoms with van der Waals surface area (Å²) >= 11 is 6.19. The lowest BCUT2D eigenvalue weighted by atomic mass is 10.1. The molecular formula is C16H21ClN2O4. The minimum absolute atomic E-state index is 0.0934. The molecule has 1 aromatic carbocycles. The maximum absolute atomic E-state index is 12.8. The minimum Gasteiger partial charge on any atom is -0.493 e. The lowest BCUT2D eigenvalue weighted by Gasteiger charge is -2.27. The topological polar surface area (TPSA) is 81.9 Å². The monoisotopic (exact) mass is 340 g/mol. The summed E-state index contributed by atoms with van der Waals surface area (Å²) in [5.74, 6) is -0.222. The molecule has 1 saturated carbocycles. The predicted molar refractivity (Wildman–Crippen MR) is 87.0 cm³/mol. The highest BCUT2D eigenvalue weighted by molar-refractivity contribution is 6.32. The number of carbonyl (C=O) groups excluding carboxylic acids is 2. The second kappa shape index (κ2) is 7.08. The molecule has 0 radical (unpaired) electrons. The molecule has 1 aliphatic rings. The molecule has 23 heavy (non-hydrogen) atoms. The van der Waals surface area contributed by atoms with Gasteiger partial charge in [0.05, 0.1) is 12.1 Å². The van der Waals surface area contributed by atoms with Gasteiger partial charge in [0.25, 0.3) is 11.8 Å². The summed E-state index contributed by atoms with van der Waals surface area (Å²) in [6, 6.07) is 3.49. The molecule has 0 atom stereocenters. The first-order chi connectivity index (χ1) is 10.8. The van der Waals surface area contributed by atoms with Crippen LogP contribution in [0.1, 0.15) is 37.0 Å². The Bertz CT molecular complexity index is 612. The Hall–Kier alpha value is -1.95. The third kappa shape index (κ3) is 4.07. The number of benzene rings is 1. The predicted octanol–water partition coefficient (Wildman–Crippen LogP) is 2.23. The fraction of sp³-hybridized carbons (Fsp3) is 0.500. The van der Waals surface area contributed by atoms with Crippen molar-refractivity contribution in [1.29, 1.82) is 0 Å². The van der Waals surface area contributed by atoms with Crippen molar-refractivity contribution in [2.45, 2.75) is 38.8 Å². The molecule has 0 aromatic heterocycles. The SMILES string of the molecule is COc1cc(C(=O)N(C(C)C)C2CC2)cc(Cl)c1OCC(N)=O. The standard InChI is InChI=1S/C16H21ClN2O4/c1-9(2)19(11-4-5-11)16(21)10-6-12(17)15(13(7-10)22-3)23-8-14(18)20/h6-7,9,11H,4-5,8H2,1-3H3,(H2,18,20). The minimum atomic E-state index is -0.622. The Kier molecular flexibility index (Phi) is 5.36. The maximum Gasteiger partial charge on any atom is 0.255 e. The molecule has 2 rings (SSSR count). The van der Waals surface area contributed by atoms with Crippen LogP contribution < -0.4 is 15.2 Å². The Labute approximate surface area is 140 Å². The van der Waals surface area contributed by atoms with Crippen molar-refractivity contribution < 1.29 is 19.1 Å². The van der Waals surface area contributed by atoms with Gasteiger partial charge in [0.1, 0.15) is 0 Å². The lowest BCUT2D eigenvalue weighted by molar-refractivity contribution is -0.119. The first-order valence-electron chi connectivity index (χ1n) is 7.46. The molecule has 1 aromatic rings. The van der Waals surface area contributed by atoms with Gasteiger partial charge in [-0.05, 0) is 38.8 Å². The number of methoxy groups -OCH3 is 1. The van der Waals surface area contributed by atoms with E-state index >= 15 is 0 Å². The van der Waals surface area contributed by atoms with Gasteiger partial charge in [0.2, 0.25) is 0 Å².